The number of aromatic nitrogens is 1. The van der Waals surface area contributed by atoms with Gasteiger partial charge < -0.3 is 10.1 Å². The minimum absolute atomic E-state index is 0.386. The number of anilines is 1. The van der Waals surface area contributed by atoms with E-state index >= 15 is 0 Å². The van der Waals surface area contributed by atoms with Crippen LogP contribution < -0.4 is 5.32 Å². The van der Waals surface area contributed by atoms with Crippen LogP contribution in [0.4, 0.5) is 5.82 Å². The van der Waals surface area contributed by atoms with Crippen molar-refractivity contribution in [3.8, 4) is 0 Å². The van der Waals surface area contributed by atoms with Crippen LogP contribution in [0.5, 0.6) is 0 Å². The van der Waals surface area contributed by atoms with Gasteiger partial charge in [0.05, 0.1) is 11.8 Å². The van der Waals surface area contributed by atoms with Crippen LogP contribution in [-0.4, -0.2) is 29.5 Å². The number of nitrogens with zero attached hydrogens (tertiary/aromatic N) is 1. The Labute approximate surface area is 107 Å². The van der Waals surface area contributed by atoms with Crippen LogP contribution >= 0.6 is 11.8 Å². The summed E-state index contributed by atoms with van der Waals surface area (Å²) in [5.41, 5.74) is 1.15. The number of nitrogens with one attached hydrogen (secondary N) is 1. The fraction of sp³-hybridized carbons (Fsp3) is 0.615. The van der Waals surface area contributed by atoms with Crippen molar-refractivity contribution in [1.29, 1.82) is 0 Å². The van der Waals surface area contributed by atoms with E-state index in [1.165, 1.54) is 6.42 Å². The molecule has 17 heavy (non-hydrogen) atoms. The predicted octanol–water partition coefficient (Wildman–Crippen LogP) is 2.92. The van der Waals surface area contributed by atoms with Crippen molar-refractivity contribution in [1.82, 2.24) is 4.98 Å². The standard InChI is InChI=1S/C13H20N2OS/c1-3-14-13-6-4-5-11(15-13)9-17-12-7-8-16-10(12)2/h4-6,10,12H,3,7-9H2,1-2H3,(H,14,15). The summed E-state index contributed by atoms with van der Waals surface area (Å²) in [6, 6.07) is 6.17. The van der Waals surface area contributed by atoms with E-state index in [1.807, 2.05) is 17.8 Å². The summed E-state index contributed by atoms with van der Waals surface area (Å²) in [5.74, 6) is 1.94. The summed E-state index contributed by atoms with van der Waals surface area (Å²) in [7, 11) is 0. The zero-order valence-corrected chi connectivity index (χ0v) is 11.3. The van der Waals surface area contributed by atoms with E-state index in [0.29, 0.717) is 11.4 Å². The van der Waals surface area contributed by atoms with E-state index in [4.69, 9.17) is 4.74 Å². The van der Waals surface area contributed by atoms with Gasteiger partial charge >= 0.3 is 0 Å². The van der Waals surface area contributed by atoms with Gasteiger partial charge in [0.15, 0.2) is 0 Å². The molecule has 94 valence electrons. The van der Waals surface area contributed by atoms with E-state index in [1.54, 1.807) is 0 Å². The maximum absolute atomic E-state index is 5.56. The van der Waals surface area contributed by atoms with Crippen molar-refractivity contribution in [2.75, 3.05) is 18.5 Å². The second kappa shape index (κ2) is 6.26. The first-order valence-corrected chi connectivity index (χ1v) is 7.27. The molecule has 2 heterocycles. The number of rotatable bonds is 5. The summed E-state index contributed by atoms with van der Waals surface area (Å²) < 4.78 is 5.56. The molecule has 2 unspecified atom stereocenters. The zero-order valence-electron chi connectivity index (χ0n) is 10.5. The molecule has 1 aliphatic heterocycles. The van der Waals surface area contributed by atoms with Gasteiger partial charge in [-0.3, -0.25) is 0 Å². The van der Waals surface area contributed by atoms with Crippen molar-refractivity contribution in [2.24, 2.45) is 0 Å². The molecule has 1 aliphatic rings. The van der Waals surface area contributed by atoms with Gasteiger partial charge in [0.25, 0.3) is 0 Å². The lowest BCUT2D eigenvalue weighted by molar-refractivity contribution is 0.127. The maximum atomic E-state index is 5.56. The second-order valence-corrected chi connectivity index (χ2v) is 5.49. The molecule has 2 atom stereocenters. The molecule has 0 aliphatic carbocycles. The fourth-order valence-electron chi connectivity index (χ4n) is 1.96. The normalized spacial score (nSPS) is 23.9. The van der Waals surface area contributed by atoms with Crippen molar-refractivity contribution < 1.29 is 4.74 Å². The fourth-order valence-corrected chi connectivity index (χ4v) is 3.12. The van der Waals surface area contributed by atoms with E-state index in [0.717, 1.165) is 30.4 Å². The molecule has 1 aromatic rings. The van der Waals surface area contributed by atoms with Gasteiger partial charge in [-0.15, -0.1) is 11.8 Å². The molecular formula is C13H20N2OS. The third-order valence-electron chi connectivity index (χ3n) is 2.92. The Hall–Kier alpha value is -0.740. The third-order valence-corrected chi connectivity index (χ3v) is 4.43. The molecule has 2 rings (SSSR count). The van der Waals surface area contributed by atoms with Gasteiger partial charge in [-0.25, -0.2) is 4.98 Å². The first kappa shape index (κ1) is 12.7. The number of pyridine rings is 1. The van der Waals surface area contributed by atoms with Crippen LogP contribution in [0.1, 0.15) is 26.0 Å². The van der Waals surface area contributed by atoms with Crippen molar-refractivity contribution in [3.63, 3.8) is 0 Å². The predicted molar refractivity (Wildman–Crippen MR) is 73.5 cm³/mol. The van der Waals surface area contributed by atoms with Crippen LogP contribution in [-0.2, 0) is 10.5 Å². The summed E-state index contributed by atoms with van der Waals surface area (Å²) in [6.07, 6.45) is 1.55. The molecule has 0 bridgehead atoms. The van der Waals surface area contributed by atoms with E-state index in [-0.39, 0.29) is 0 Å². The van der Waals surface area contributed by atoms with Gasteiger partial charge in [0, 0.05) is 24.2 Å². The third kappa shape index (κ3) is 3.61. The molecule has 1 saturated heterocycles. The summed E-state index contributed by atoms with van der Waals surface area (Å²) in [4.78, 5) is 4.58. The van der Waals surface area contributed by atoms with E-state index in [9.17, 15) is 0 Å². The number of hydrogen-bond donors (Lipinski definition) is 1. The first-order chi connectivity index (χ1) is 8.29. The van der Waals surface area contributed by atoms with Gasteiger partial charge in [0.1, 0.15) is 5.82 Å². The molecule has 0 saturated carbocycles. The Morgan fingerprint density at radius 1 is 1.53 bits per heavy atom. The number of ether oxygens (including phenoxy) is 1. The molecule has 0 aromatic carbocycles. The summed E-state index contributed by atoms with van der Waals surface area (Å²) in [5, 5.41) is 3.86. The Bertz CT molecular complexity index is 359. The summed E-state index contributed by atoms with van der Waals surface area (Å²) >= 11 is 1.96. The van der Waals surface area contributed by atoms with Crippen molar-refractivity contribution in [2.45, 2.75) is 37.4 Å². The van der Waals surface area contributed by atoms with Gasteiger partial charge in [0.2, 0.25) is 0 Å². The highest BCUT2D eigenvalue weighted by molar-refractivity contribution is 7.99. The van der Waals surface area contributed by atoms with Gasteiger partial charge in [-0.2, -0.15) is 0 Å². The quantitative estimate of drug-likeness (QED) is 0.873. The van der Waals surface area contributed by atoms with Crippen molar-refractivity contribution in [3.05, 3.63) is 23.9 Å². The molecule has 0 spiro atoms. The highest BCUT2D eigenvalue weighted by Gasteiger charge is 2.24. The molecule has 4 heteroatoms. The topological polar surface area (TPSA) is 34.1 Å². The van der Waals surface area contributed by atoms with Crippen molar-refractivity contribution >= 4 is 17.6 Å². The highest BCUT2D eigenvalue weighted by atomic mass is 32.2. The minimum atomic E-state index is 0.386. The molecule has 0 radical (unpaired) electrons. The highest BCUT2D eigenvalue weighted by Crippen LogP contribution is 2.28. The average molecular weight is 252 g/mol. The van der Waals surface area contributed by atoms with Crippen LogP contribution in [0, 0.1) is 0 Å². The second-order valence-electron chi connectivity index (χ2n) is 4.26. The Balaban J connectivity index is 1.87. The van der Waals surface area contributed by atoms with Crippen LogP contribution in [0.15, 0.2) is 18.2 Å². The molecular weight excluding hydrogens is 232 g/mol. The average Bonchev–Trinajstić information content (AvgIpc) is 2.73. The van der Waals surface area contributed by atoms with Gasteiger partial charge in [-0.05, 0) is 32.4 Å². The lowest BCUT2D eigenvalue weighted by Gasteiger charge is -2.13. The molecule has 1 fully saturated rings. The smallest absolute Gasteiger partial charge is 0.126 e. The summed E-state index contributed by atoms with van der Waals surface area (Å²) in [6.45, 7) is 6.06. The first-order valence-electron chi connectivity index (χ1n) is 6.22. The lowest BCUT2D eigenvalue weighted by Crippen LogP contribution is -2.13. The number of hydrogen-bond acceptors (Lipinski definition) is 4. The van der Waals surface area contributed by atoms with Crippen LogP contribution in [0.3, 0.4) is 0 Å². The van der Waals surface area contributed by atoms with Crippen LogP contribution in [0.25, 0.3) is 0 Å². The molecule has 0 amide bonds. The molecule has 1 aromatic heterocycles. The Kier molecular flexibility index (Phi) is 4.68. The molecule has 3 nitrogen and oxygen atoms in total. The van der Waals surface area contributed by atoms with Gasteiger partial charge in [-0.1, -0.05) is 6.07 Å². The molecule has 1 N–H and O–H groups in total. The zero-order chi connectivity index (χ0) is 12.1. The lowest BCUT2D eigenvalue weighted by atomic mass is 10.3. The van der Waals surface area contributed by atoms with Crippen LogP contribution in [0.2, 0.25) is 0 Å². The Morgan fingerprint density at radius 3 is 3.12 bits per heavy atom. The maximum Gasteiger partial charge on any atom is 0.126 e. The monoisotopic (exact) mass is 252 g/mol. The van der Waals surface area contributed by atoms with E-state index in [2.05, 4.69) is 36.3 Å². The van der Waals surface area contributed by atoms with E-state index < -0.39 is 0 Å². The SMILES string of the molecule is CCNc1cccc(CSC2CCOC2C)n1. The Morgan fingerprint density at radius 2 is 2.41 bits per heavy atom. The minimum Gasteiger partial charge on any atom is -0.377 e. The number of thioether (sulfide) groups is 1. The largest absolute Gasteiger partial charge is 0.377 e.